The van der Waals surface area contributed by atoms with E-state index in [9.17, 15) is 4.79 Å². The molecule has 3 heterocycles. The lowest BCUT2D eigenvalue weighted by Gasteiger charge is -2.36. The van der Waals surface area contributed by atoms with Crippen LogP contribution in [0.25, 0.3) is 0 Å². The lowest BCUT2D eigenvalue weighted by atomic mass is 9.91. The maximum Gasteiger partial charge on any atom is 0.340 e. The van der Waals surface area contributed by atoms with Gasteiger partial charge in [-0.1, -0.05) is 20.3 Å². The standard InChI is InChI=1S/C21H29N5O2.C2H6/c1-15-20(23-19-13-22-10-8-18(19)21(27)28-2)14-26(24-15)17-7-4-11-25(12-9-17)16-5-3-6-16;1-2/h8,10,13-14,16-17,23H,3-7,9,11-12H2,1-2H3;1-2H3. The molecule has 7 nitrogen and oxygen atoms in total. The molecule has 1 saturated heterocycles. The first-order valence-corrected chi connectivity index (χ1v) is 11.2. The maximum absolute atomic E-state index is 12.0. The molecule has 4 rings (SSSR count). The van der Waals surface area contributed by atoms with Crippen LogP contribution in [0, 0.1) is 6.92 Å². The molecule has 1 N–H and O–H groups in total. The Balaban J connectivity index is 0.00000124. The Morgan fingerprint density at radius 1 is 1.10 bits per heavy atom. The van der Waals surface area contributed by atoms with Gasteiger partial charge in [0.15, 0.2) is 0 Å². The molecule has 30 heavy (non-hydrogen) atoms. The van der Waals surface area contributed by atoms with E-state index in [-0.39, 0.29) is 5.97 Å². The summed E-state index contributed by atoms with van der Waals surface area (Å²) < 4.78 is 6.98. The molecule has 1 aliphatic heterocycles. The van der Waals surface area contributed by atoms with Crippen LogP contribution in [0.3, 0.4) is 0 Å². The van der Waals surface area contributed by atoms with Crippen molar-refractivity contribution >= 4 is 17.3 Å². The summed E-state index contributed by atoms with van der Waals surface area (Å²) >= 11 is 0. The third-order valence-corrected chi connectivity index (χ3v) is 6.11. The van der Waals surface area contributed by atoms with E-state index in [1.165, 1.54) is 39.3 Å². The number of anilines is 2. The molecule has 1 saturated carbocycles. The second-order valence-electron chi connectivity index (χ2n) is 7.85. The molecule has 2 aliphatic rings. The number of hydrogen-bond donors (Lipinski definition) is 1. The number of esters is 1. The Kier molecular flexibility index (Phi) is 7.85. The molecule has 2 aromatic rings. The molecular formula is C23H35N5O2. The Morgan fingerprint density at radius 3 is 2.57 bits per heavy atom. The zero-order valence-electron chi connectivity index (χ0n) is 18.7. The van der Waals surface area contributed by atoms with Crippen molar-refractivity contribution in [3.63, 3.8) is 0 Å². The lowest BCUT2D eigenvalue weighted by molar-refractivity contribution is 0.0602. The van der Waals surface area contributed by atoms with E-state index in [4.69, 9.17) is 9.84 Å². The molecule has 0 amide bonds. The van der Waals surface area contributed by atoms with Gasteiger partial charge in [-0.15, -0.1) is 0 Å². The summed E-state index contributed by atoms with van der Waals surface area (Å²) in [5.74, 6) is -0.380. The number of likely N-dealkylation sites (tertiary alicyclic amines) is 1. The predicted octanol–water partition coefficient (Wildman–Crippen LogP) is 4.72. The van der Waals surface area contributed by atoms with Crippen molar-refractivity contribution in [2.24, 2.45) is 0 Å². The lowest BCUT2D eigenvalue weighted by Crippen LogP contribution is -2.40. The number of carbonyl (C=O) groups is 1. The highest BCUT2D eigenvalue weighted by Gasteiger charge is 2.28. The number of ether oxygens (including phenoxy) is 1. The summed E-state index contributed by atoms with van der Waals surface area (Å²) in [4.78, 5) is 18.8. The van der Waals surface area contributed by atoms with Crippen LogP contribution >= 0.6 is 0 Å². The van der Waals surface area contributed by atoms with Gasteiger partial charge < -0.3 is 15.0 Å². The van der Waals surface area contributed by atoms with Crippen molar-refractivity contribution in [2.75, 3.05) is 25.5 Å². The van der Waals surface area contributed by atoms with E-state index < -0.39 is 0 Å². The number of pyridine rings is 1. The van der Waals surface area contributed by atoms with Crippen LogP contribution in [0.2, 0.25) is 0 Å². The third kappa shape index (κ3) is 5.01. The zero-order valence-corrected chi connectivity index (χ0v) is 18.7. The molecule has 2 aromatic heterocycles. The minimum atomic E-state index is -0.380. The molecule has 1 aliphatic carbocycles. The normalized spacial score (nSPS) is 19.8. The van der Waals surface area contributed by atoms with Gasteiger partial charge in [0, 0.05) is 25.0 Å². The highest BCUT2D eigenvalue weighted by molar-refractivity contribution is 5.96. The van der Waals surface area contributed by atoms with Crippen molar-refractivity contribution in [2.45, 2.75) is 71.4 Å². The monoisotopic (exact) mass is 413 g/mol. The second-order valence-corrected chi connectivity index (χ2v) is 7.85. The van der Waals surface area contributed by atoms with E-state index in [1.807, 2.05) is 20.8 Å². The summed E-state index contributed by atoms with van der Waals surface area (Å²) in [6, 6.07) is 2.90. The fraction of sp³-hybridized carbons (Fsp3) is 0.609. The Hall–Kier alpha value is -2.41. The topological polar surface area (TPSA) is 72.3 Å². The first kappa shape index (κ1) is 22.3. The van der Waals surface area contributed by atoms with Gasteiger partial charge in [-0.25, -0.2) is 4.79 Å². The molecule has 0 spiro atoms. The number of aromatic nitrogens is 3. The third-order valence-electron chi connectivity index (χ3n) is 6.11. The summed E-state index contributed by atoms with van der Waals surface area (Å²) in [7, 11) is 1.38. The zero-order chi connectivity index (χ0) is 21.5. The van der Waals surface area contributed by atoms with Gasteiger partial charge in [-0.3, -0.25) is 9.67 Å². The molecule has 7 heteroatoms. The smallest absolute Gasteiger partial charge is 0.340 e. The van der Waals surface area contributed by atoms with E-state index in [1.54, 1.807) is 18.5 Å². The summed E-state index contributed by atoms with van der Waals surface area (Å²) in [6.45, 7) is 8.36. The molecule has 2 fully saturated rings. The number of carbonyl (C=O) groups excluding carboxylic acids is 1. The van der Waals surface area contributed by atoms with Gasteiger partial charge in [0.1, 0.15) is 0 Å². The van der Waals surface area contributed by atoms with Gasteiger partial charge in [-0.2, -0.15) is 5.10 Å². The predicted molar refractivity (Wildman–Crippen MR) is 119 cm³/mol. The average molecular weight is 414 g/mol. The minimum Gasteiger partial charge on any atom is -0.465 e. The van der Waals surface area contributed by atoms with Crippen LogP contribution in [0.4, 0.5) is 11.4 Å². The Bertz CT molecular complexity index is 831. The number of nitrogens with zero attached hydrogens (tertiary/aromatic N) is 4. The van der Waals surface area contributed by atoms with E-state index >= 15 is 0 Å². The number of aryl methyl sites for hydroxylation is 1. The van der Waals surface area contributed by atoms with Crippen molar-refractivity contribution in [1.29, 1.82) is 0 Å². The van der Waals surface area contributed by atoms with Gasteiger partial charge >= 0.3 is 5.97 Å². The van der Waals surface area contributed by atoms with Crippen LogP contribution in [-0.4, -0.2) is 51.9 Å². The molecule has 1 atom stereocenters. The van der Waals surface area contributed by atoms with Gasteiger partial charge in [0.2, 0.25) is 0 Å². The second kappa shape index (κ2) is 10.6. The molecule has 0 aromatic carbocycles. The van der Waals surface area contributed by atoms with E-state index in [0.717, 1.165) is 36.8 Å². The summed E-state index contributed by atoms with van der Waals surface area (Å²) in [6.07, 6.45) is 12.9. The largest absolute Gasteiger partial charge is 0.465 e. The quantitative estimate of drug-likeness (QED) is 0.715. The minimum absolute atomic E-state index is 0.380. The van der Waals surface area contributed by atoms with E-state index in [0.29, 0.717) is 17.3 Å². The van der Waals surface area contributed by atoms with Crippen LogP contribution in [-0.2, 0) is 4.74 Å². The van der Waals surface area contributed by atoms with Crippen LogP contribution < -0.4 is 5.32 Å². The molecular weight excluding hydrogens is 378 g/mol. The molecule has 0 bridgehead atoms. The van der Waals surface area contributed by atoms with Crippen molar-refractivity contribution in [3.8, 4) is 0 Å². The van der Waals surface area contributed by atoms with Crippen molar-refractivity contribution < 1.29 is 9.53 Å². The summed E-state index contributed by atoms with van der Waals surface area (Å²) in [5, 5.41) is 8.09. The molecule has 0 radical (unpaired) electrons. The van der Waals surface area contributed by atoms with Crippen LogP contribution in [0.1, 0.15) is 74.5 Å². The van der Waals surface area contributed by atoms with E-state index in [2.05, 4.69) is 26.1 Å². The maximum atomic E-state index is 12.0. The van der Waals surface area contributed by atoms with Crippen LogP contribution in [0.5, 0.6) is 0 Å². The first-order valence-electron chi connectivity index (χ1n) is 11.2. The molecule has 1 unspecified atom stereocenters. The number of methoxy groups -OCH3 is 1. The number of nitrogens with one attached hydrogen (secondary N) is 1. The highest BCUT2D eigenvalue weighted by atomic mass is 16.5. The fourth-order valence-electron chi connectivity index (χ4n) is 4.20. The Labute approximate surface area is 179 Å². The van der Waals surface area contributed by atoms with Gasteiger partial charge in [0.05, 0.1) is 42.0 Å². The fourth-order valence-corrected chi connectivity index (χ4v) is 4.20. The average Bonchev–Trinajstić information content (AvgIpc) is 2.94. The summed E-state index contributed by atoms with van der Waals surface area (Å²) in [5.41, 5.74) is 2.92. The van der Waals surface area contributed by atoms with Crippen LogP contribution in [0.15, 0.2) is 24.7 Å². The van der Waals surface area contributed by atoms with Crippen molar-refractivity contribution in [3.05, 3.63) is 35.9 Å². The van der Waals surface area contributed by atoms with Gasteiger partial charge in [-0.05, 0) is 51.6 Å². The first-order chi connectivity index (χ1) is 14.7. The Morgan fingerprint density at radius 2 is 1.87 bits per heavy atom. The molecule has 164 valence electrons. The SMILES string of the molecule is CC.COC(=O)c1ccncc1Nc1cn(C2CCCN(C3CCC3)CC2)nc1C. The highest BCUT2D eigenvalue weighted by Crippen LogP contribution is 2.31. The number of hydrogen-bond acceptors (Lipinski definition) is 6. The number of rotatable bonds is 5. The van der Waals surface area contributed by atoms with Crippen molar-refractivity contribution in [1.82, 2.24) is 19.7 Å². The van der Waals surface area contributed by atoms with Gasteiger partial charge in [0.25, 0.3) is 0 Å².